The molecule has 0 bridgehead atoms. The van der Waals surface area contributed by atoms with Crippen molar-refractivity contribution in [1.29, 1.82) is 0 Å². The summed E-state index contributed by atoms with van der Waals surface area (Å²) in [5.74, 6) is -3.55. The molecule has 0 aromatic carbocycles. The van der Waals surface area contributed by atoms with Gasteiger partial charge in [0.2, 0.25) is 0 Å². The van der Waals surface area contributed by atoms with Crippen LogP contribution in [-0.2, 0) is 19.2 Å². The van der Waals surface area contributed by atoms with Gasteiger partial charge in [-0.2, -0.15) is 0 Å². The van der Waals surface area contributed by atoms with Gasteiger partial charge < -0.3 is 61.3 Å². The summed E-state index contributed by atoms with van der Waals surface area (Å²) in [4.78, 5) is 38.2. The van der Waals surface area contributed by atoms with Crippen molar-refractivity contribution >= 4 is 23.9 Å². The summed E-state index contributed by atoms with van der Waals surface area (Å²) >= 11 is 0. The number of rotatable bonds is 12. The average molecular weight is 605 g/mol. The summed E-state index contributed by atoms with van der Waals surface area (Å²) in [5.41, 5.74) is -1.69. The Hall–Kier alpha value is -3.22. The van der Waals surface area contributed by atoms with Gasteiger partial charge in [0, 0.05) is 23.1 Å². The maximum atomic E-state index is 9.60. The highest BCUT2D eigenvalue weighted by atomic mass is 16.4. The molecule has 16 heteroatoms. The Morgan fingerprint density at radius 2 is 0.561 bits per heavy atom. The van der Waals surface area contributed by atoms with E-state index in [0.29, 0.717) is 0 Å². The van der Waals surface area contributed by atoms with Crippen molar-refractivity contribution in [3.63, 3.8) is 0 Å². The molecule has 0 unspecified atom stereocenters. The van der Waals surface area contributed by atoms with Crippen LogP contribution in [0.25, 0.3) is 0 Å². The van der Waals surface area contributed by atoms with E-state index in [1.165, 1.54) is 20.8 Å². The fourth-order valence-electron chi connectivity index (χ4n) is 0.600. The first-order valence-corrected chi connectivity index (χ1v) is 11.4. The third-order valence-corrected chi connectivity index (χ3v) is 4.08. The number of hydrogen-bond donors (Lipinski definition) is 12. The van der Waals surface area contributed by atoms with Gasteiger partial charge in [-0.05, 0) is 20.8 Å². The summed E-state index contributed by atoms with van der Waals surface area (Å²) in [6.07, 6.45) is 0.222. The number of aliphatic hydroxyl groups excluding tert-OH is 8. The van der Waals surface area contributed by atoms with Crippen LogP contribution in [0.5, 0.6) is 0 Å². The van der Waals surface area contributed by atoms with Crippen molar-refractivity contribution in [2.24, 2.45) is 10.8 Å². The molecule has 0 saturated heterocycles. The number of carboxylic acids is 4. The molecular formula is C25H48O16. The fourth-order valence-corrected chi connectivity index (χ4v) is 0.600. The highest BCUT2D eigenvalue weighted by Gasteiger charge is 2.27. The van der Waals surface area contributed by atoms with Crippen LogP contribution in [0.3, 0.4) is 0 Å². The minimum atomic E-state index is -1.11. The largest absolute Gasteiger partial charge is 0.481 e. The Kier molecular flexibility index (Phi) is 38.6. The number of carboxylic acid groups (broad SMARTS) is 4. The van der Waals surface area contributed by atoms with Gasteiger partial charge in [0.1, 0.15) is 0 Å². The van der Waals surface area contributed by atoms with Crippen molar-refractivity contribution in [3.8, 4) is 0 Å². The standard InChI is InChI=1S/2C5H12O4.3C4H6O2.C3H6O2/c2*6-1-5(2-7,3-8)4-9;3*1-3(2)4(5)6;1-2-3(4)5/h2*6-9H,1-4H2;3*1H2,2H3,(H,5,6);2H2,1H3,(H,4,5). The monoisotopic (exact) mass is 604 g/mol. The van der Waals surface area contributed by atoms with Gasteiger partial charge in [-0.1, -0.05) is 26.7 Å². The first-order chi connectivity index (χ1) is 18.7. The van der Waals surface area contributed by atoms with E-state index in [4.69, 9.17) is 61.3 Å². The molecule has 0 saturated carbocycles. The van der Waals surface area contributed by atoms with Crippen LogP contribution < -0.4 is 0 Å². The van der Waals surface area contributed by atoms with Gasteiger partial charge in [-0.25, -0.2) is 14.4 Å². The lowest BCUT2D eigenvalue weighted by Crippen LogP contribution is -2.37. The zero-order valence-electron chi connectivity index (χ0n) is 24.0. The quantitative estimate of drug-likeness (QED) is 0.110. The Balaban J connectivity index is -0.0000000910. The van der Waals surface area contributed by atoms with Gasteiger partial charge >= 0.3 is 23.9 Å². The zero-order chi connectivity index (χ0) is 34.4. The summed E-state index contributed by atoms with van der Waals surface area (Å²) in [7, 11) is 0. The predicted octanol–water partition coefficient (Wildman–Crippen LogP) is -1.69. The van der Waals surface area contributed by atoms with Crippen LogP contribution in [0.15, 0.2) is 36.5 Å². The Labute approximate surface area is 239 Å². The second kappa shape index (κ2) is 31.3. The second-order valence-corrected chi connectivity index (χ2v) is 8.27. The van der Waals surface area contributed by atoms with Gasteiger partial charge in [0.25, 0.3) is 0 Å². The number of aliphatic hydroxyl groups is 8. The van der Waals surface area contributed by atoms with Crippen molar-refractivity contribution in [2.45, 2.75) is 34.1 Å². The molecule has 0 spiro atoms. The van der Waals surface area contributed by atoms with E-state index in [1.807, 2.05) is 0 Å². The molecule has 244 valence electrons. The van der Waals surface area contributed by atoms with Crippen LogP contribution >= 0.6 is 0 Å². The lowest BCUT2D eigenvalue weighted by molar-refractivity contribution is -0.137. The molecule has 0 aromatic rings. The predicted molar refractivity (Wildman–Crippen MR) is 147 cm³/mol. The highest BCUT2D eigenvalue weighted by molar-refractivity contribution is 5.85. The number of hydrogen-bond acceptors (Lipinski definition) is 12. The molecule has 0 fully saturated rings. The smallest absolute Gasteiger partial charge is 0.330 e. The Morgan fingerprint density at radius 1 is 0.463 bits per heavy atom. The molecule has 0 rings (SSSR count). The average Bonchev–Trinajstić information content (AvgIpc) is 2.93. The summed E-state index contributed by atoms with van der Waals surface area (Å²) in [6.45, 7) is 12.2. The molecule has 12 N–H and O–H groups in total. The maximum Gasteiger partial charge on any atom is 0.330 e. The van der Waals surface area contributed by atoms with E-state index in [9.17, 15) is 19.2 Å². The van der Waals surface area contributed by atoms with E-state index in [2.05, 4.69) is 19.7 Å². The summed E-state index contributed by atoms with van der Waals surface area (Å²) in [6, 6.07) is 0. The van der Waals surface area contributed by atoms with Gasteiger partial charge in [-0.15, -0.1) is 0 Å². The Morgan fingerprint density at radius 3 is 0.561 bits per heavy atom. The van der Waals surface area contributed by atoms with Crippen LogP contribution in [0.1, 0.15) is 34.1 Å². The highest BCUT2D eigenvalue weighted by Crippen LogP contribution is 2.12. The normalized spacial score (nSPS) is 9.46. The molecular weight excluding hydrogens is 556 g/mol. The lowest BCUT2D eigenvalue weighted by Gasteiger charge is -2.23. The Bertz CT molecular complexity index is 605. The van der Waals surface area contributed by atoms with Gasteiger partial charge in [-0.3, -0.25) is 4.79 Å². The molecule has 41 heavy (non-hydrogen) atoms. The van der Waals surface area contributed by atoms with Crippen molar-refractivity contribution in [2.75, 3.05) is 52.9 Å². The molecule has 16 nitrogen and oxygen atoms in total. The molecule has 0 heterocycles. The van der Waals surface area contributed by atoms with E-state index < -0.39 is 87.6 Å². The maximum absolute atomic E-state index is 9.60. The topological polar surface area (TPSA) is 311 Å². The molecule has 0 aliphatic rings. The minimum Gasteiger partial charge on any atom is -0.481 e. The molecule has 0 aromatic heterocycles. The van der Waals surface area contributed by atoms with E-state index in [-0.39, 0.29) is 23.1 Å². The van der Waals surface area contributed by atoms with Crippen molar-refractivity contribution < 1.29 is 80.5 Å². The first kappa shape index (κ1) is 50.6. The van der Waals surface area contributed by atoms with Gasteiger partial charge in [0.15, 0.2) is 0 Å². The molecule has 0 amide bonds. The van der Waals surface area contributed by atoms with Crippen LogP contribution in [0.4, 0.5) is 0 Å². The molecule has 0 aliphatic carbocycles. The van der Waals surface area contributed by atoms with E-state index >= 15 is 0 Å². The minimum absolute atomic E-state index is 0.176. The molecule has 0 atom stereocenters. The van der Waals surface area contributed by atoms with Crippen LogP contribution in [0.2, 0.25) is 0 Å². The molecule has 0 aliphatic heterocycles. The fraction of sp³-hybridized carbons (Fsp3) is 0.600. The lowest BCUT2D eigenvalue weighted by atomic mass is 9.93. The van der Waals surface area contributed by atoms with Gasteiger partial charge in [0.05, 0.1) is 63.7 Å². The second-order valence-electron chi connectivity index (χ2n) is 8.27. The number of aliphatic carboxylic acids is 4. The third kappa shape index (κ3) is 36.8. The van der Waals surface area contributed by atoms with Crippen LogP contribution in [0, 0.1) is 10.8 Å². The first-order valence-electron chi connectivity index (χ1n) is 11.4. The van der Waals surface area contributed by atoms with Crippen molar-refractivity contribution in [3.05, 3.63) is 36.5 Å². The van der Waals surface area contributed by atoms with E-state index in [0.717, 1.165) is 0 Å². The third-order valence-electron chi connectivity index (χ3n) is 4.08. The zero-order valence-corrected chi connectivity index (χ0v) is 24.0. The SMILES string of the molecule is C=C(C)C(=O)O.C=C(C)C(=O)O.C=C(C)C(=O)O.CCC(=O)O.OCC(CO)(CO)CO.OCC(CO)(CO)CO. The van der Waals surface area contributed by atoms with Crippen molar-refractivity contribution in [1.82, 2.24) is 0 Å². The summed E-state index contributed by atoms with van der Waals surface area (Å²) < 4.78 is 0. The van der Waals surface area contributed by atoms with E-state index in [1.54, 1.807) is 6.92 Å². The summed E-state index contributed by atoms with van der Waals surface area (Å²) in [5, 5.41) is 99.4. The number of carbonyl (C=O) groups is 4. The van der Waals surface area contributed by atoms with Crippen LogP contribution in [-0.4, -0.2) is 138 Å². The molecule has 0 radical (unpaired) electrons.